The summed E-state index contributed by atoms with van der Waals surface area (Å²) in [6.07, 6.45) is 3.75. The van der Waals surface area contributed by atoms with Gasteiger partial charge in [0.05, 0.1) is 6.10 Å². The molecule has 11 heavy (non-hydrogen) atoms. The van der Waals surface area contributed by atoms with Crippen molar-refractivity contribution < 1.29 is 5.11 Å². The summed E-state index contributed by atoms with van der Waals surface area (Å²) in [6, 6.07) is 0. The van der Waals surface area contributed by atoms with Crippen molar-refractivity contribution >= 4 is 0 Å². The number of fused-ring (bicyclic) bond motifs is 2. The van der Waals surface area contributed by atoms with E-state index < -0.39 is 0 Å². The lowest BCUT2D eigenvalue weighted by Gasteiger charge is -2.27. The largest absolute Gasteiger partial charge is 0.393 e. The third kappa shape index (κ3) is 1.10. The molecule has 0 unspecified atom stereocenters. The molecule has 0 aromatic carbocycles. The van der Waals surface area contributed by atoms with E-state index in [1.165, 1.54) is 12.8 Å². The third-order valence-corrected chi connectivity index (χ3v) is 3.73. The van der Waals surface area contributed by atoms with E-state index in [0.29, 0.717) is 5.92 Å². The van der Waals surface area contributed by atoms with Gasteiger partial charge < -0.3 is 5.11 Å². The smallest absolute Gasteiger partial charge is 0.0571 e. The van der Waals surface area contributed by atoms with Crippen molar-refractivity contribution in [3.8, 4) is 0 Å². The molecule has 2 bridgehead atoms. The van der Waals surface area contributed by atoms with Crippen LogP contribution in [0, 0.1) is 23.7 Å². The van der Waals surface area contributed by atoms with Crippen molar-refractivity contribution in [1.82, 2.24) is 0 Å². The third-order valence-electron chi connectivity index (χ3n) is 3.73. The maximum atomic E-state index is 9.52. The first kappa shape index (κ1) is 7.60. The van der Waals surface area contributed by atoms with E-state index in [9.17, 15) is 5.11 Å². The molecule has 2 saturated carbocycles. The van der Waals surface area contributed by atoms with Gasteiger partial charge in [-0.3, -0.25) is 0 Å². The second-order valence-corrected chi connectivity index (χ2v) is 4.70. The number of aliphatic hydroxyl groups excluding tert-OH is 1. The zero-order valence-corrected chi connectivity index (χ0v) is 7.46. The molecule has 4 atom stereocenters. The summed E-state index contributed by atoms with van der Waals surface area (Å²) in [5, 5.41) is 9.52. The number of aliphatic hydroxyl groups is 1. The highest BCUT2D eigenvalue weighted by atomic mass is 16.3. The fourth-order valence-corrected chi connectivity index (χ4v) is 3.11. The standard InChI is InChI=1S/C10H18O/c1-6(2)9-4-8-3-7(9)5-10(8)11/h6-11H,3-5H2,1-2H3/t7-,8-,9-,10-/m0/s1. The molecule has 0 aliphatic heterocycles. The number of hydrogen-bond acceptors (Lipinski definition) is 1. The highest BCUT2D eigenvalue weighted by molar-refractivity contribution is 4.95. The van der Waals surface area contributed by atoms with Gasteiger partial charge in [0, 0.05) is 0 Å². The fourth-order valence-electron chi connectivity index (χ4n) is 3.11. The van der Waals surface area contributed by atoms with Crippen LogP contribution in [0.5, 0.6) is 0 Å². The van der Waals surface area contributed by atoms with Crippen LogP contribution in [0.1, 0.15) is 33.1 Å². The van der Waals surface area contributed by atoms with Crippen LogP contribution in [0.3, 0.4) is 0 Å². The molecule has 0 aromatic heterocycles. The van der Waals surface area contributed by atoms with Crippen molar-refractivity contribution in [1.29, 1.82) is 0 Å². The van der Waals surface area contributed by atoms with E-state index in [1.54, 1.807) is 0 Å². The molecule has 2 aliphatic rings. The summed E-state index contributed by atoms with van der Waals surface area (Å²) in [7, 11) is 0. The SMILES string of the molecule is CC(C)[C@@H]1C[C@@H]2C[C@H]1C[C@@H]2O. The van der Waals surface area contributed by atoms with Crippen LogP contribution in [-0.2, 0) is 0 Å². The van der Waals surface area contributed by atoms with Crippen LogP contribution in [-0.4, -0.2) is 11.2 Å². The Morgan fingerprint density at radius 1 is 1.09 bits per heavy atom. The minimum absolute atomic E-state index is 0.0509. The molecule has 1 nitrogen and oxygen atoms in total. The van der Waals surface area contributed by atoms with Gasteiger partial charge in [0.15, 0.2) is 0 Å². The van der Waals surface area contributed by atoms with Crippen molar-refractivity contribution in [2.75, 3.05) is 0 Å². The zero-order chi connectivity index (χ0) is 8.01. The number of rotatable bonds is 1. The van der Waals surface area contributed by atoms with Gasteiger partial charge in [0.25, 0.3) is 0 Å². The van der Waals surface area contributed by atoms with Gasteiger partial charge in [-0.1, -0.05) is 13.8 Å². The Balaban J connectivity index is 2.02. The molecule has 0 radical (unpaired) electrons. The maximum absolute atomic E-state index is 9.52. The molecule has 2 aliphatic carbocycles. The average Bonchev–Trinajstić information content (AvgIpc) is 2.43. The second-order valence-electron chi connectivity index (χ2n) is 4.70. The summed E-state index contributed by atoms with van der Waals surface area (Å²) in [6.45, 7) is 4.63. The highest BCUT2D eigenvalue weighted by Gasteiger charge is 2.45. The first-order valence-corrected chi connectivity index (χ1v) is 4.86. The van der Waals surface area contributed by atoms with Gasteiger partial charge in [-0.15, -0.1) is 0 Å². The molecule has 2 fully saturated rings. The van der Waals surface area contributed by atoms with E-state index in [-0.39, 0.29) is 6.10 Å². The van der Waals surface area contributed by atoms with Crippen LogP contribution in [0.15, 0.2) is 0 Å². The summed E-state index contributed by atoms with van der Waals surface area (Å²) in [4.78, 5) is 0. The summed E-state index contributed by atoms with van der Waals surface area (Å²) >= 11 is 0. The Hall–Kier alpha value is -0.0400. The van der Waals surface area contributed by atoms with Crippen molar-refractivity contribution in [2.24, 2.45) is 23.7 Å². The molecule has 64 valence electrons. The fraction of sp³-hybridized carbons (Fsp3) is 1.00. The van der Waals surface area contributed by atoms with E-state index >= 15 is 0 Å². The van der Waals surface area contributed by atoms with E-state index in [1.807, 2.05) is 0 Å². The lowest BCUT2D eigenvalue weighted by Crippen LogP contribution is -2.24. The van der Waals surface area contributed by atoms with Crippen LogP contribution < -0.4 is 0 Å². The summed E-state index contributed by atoms with van der Waals surface area (Å²) in [5.74, 6) is 3.27. The molecular weight excluding hydrogens is 136 g/mol. The van der Waals surface area contributed by atoms with Gasteiger partial charge in [0.1, 0.15) is 0 Å². The van der Waals surface area contributed by atoms with Crippen LogP contribution in [0.25, 0.3) is 0 Å². The summed E-state index contributed by atoms with van der Waals surface area (Å²) in [5.41, 5.74) is 0. The Labute approximate surface area is 68.8 Å². The van der Waals surface area contributed by atoms with Gasteiger partial charge >= 0.3 is 0 Å². The summed E-state index contributed by atoms with van der Waals surface area (Å²) < 4.78 is 0. The molecule has 1 N–H and O–H groups in total. The highest BCUT2D eigenvalue weighted by Crippen LogP contribution is 2.50. The van der Waals surface area contributed by atoms with Crippen molar-refractivity contribution in [3.05, 3.63) is 0 Å². The Bertz CT molecular complexity index is 151. The van der Waals surface area contributed by atoms with Crippen molar-refractivity contribution in [3.63, 3.8) is 0 Å². The van der Waals surface area contributed by atoms with Crippen LogP contribution >= 0.6 is 0 Å². The monoisotopic (exact) mass is 154 g/mol. The van der Waals surface area contributed by atoms with Gasteiger partial charge in [-0.2, -0.15) is 0 Å². The minimum atomic E-state index is 0.0509. The molecule has 0 spiro atoms. The van der Waals surface area contributed by atoms with E-state index in [0.717, 1.165) is 24.2 Å². The minimum Gasteiger partial charge on any atom is -0.393 e. The predicted octanol–water partition coefficient (Wildman–Crippen LogP) is 2.05. The Morgan fingerprint density at radius 2 is 1.82 bits per heavy atom. The average molecular weight is 154 g/mol. The molecule has 0 aromatic rings. The first-order chi connectivity index (χ1) is 5.18. The van der Waals surface area contributed by atoms with Crippen LogP contribution in [0.4, 0.5) is 0 Å². The first-order valence-electron chi connectivity index (χ1n) is 4.86. The Kier molecular flexibility index (Phi) is 1.71. The molecular formula is C10H18O. The molecule has 0 amide bonds. The second kappa shape index (κ2) is 2.48. The van der Waals surface area contributed by atoms with E-state index in [4.69, 9.17) is 0 Å². The molecule has 2 rings (SSSR count). The van der Waals surface area contributed by atoms with Gasteiger partial charge in [-0.05, 0) is 42.9 Å². The van der Waals surface area contributed by atoms with Crippen molar-refractivity contribution in [2.45, 2.75) is 39.2 Å². The maximum Gasteiger partial charge on any atom is 0.0571 e. The topological polar surface area (TPSA) is 20.2 Å². The predicted molar refractivity (Wildman–Crippen MR) is 45.2 cm³/mol. The lowest BCUT2D eigenvalue weighted by molar-refractivity contribution is 0.0843. The molecule has 1 heteroatoms. The molecule has 0 saturated heterocycles. The van der Waals surface area contributed by atoms with E-state index in [2.05, 4.69) is 13.8 Å². The quantitative estimate of drug-likeness (QED) is 0.613. The van der Waals surface area contributed by atoms with Gasteiger partial charge in [0.2, 0.25) is 0 Å². The Morgan fingerprint density at radius 3 is 2.18 bits per heavy atom. The zero-order valence-electron chi connectivity index (χ0n) is 7.46. The van der Waals surface area contributed by atoms with Crippen LogP contribution in [0.2, 0.25) is 0 Å². The normalized spacial score (nSPS) is 49.1. The molecule has 0 heterocycles. The lowest BCUT2D eigenvalue weighted by atomic mass is 9.80. The van der Waals surface area contributed by atoms with Gasteiger partial charge in [-0.25, -0.2) is 0 Å². The number of hydrogen-bond donors (Lipinski definition) is 1.